The van der Waals surface area contributed by atoms with Crippen LogP contribution in [-0.4, -0.2) is 31.9 Å². The van der Waals surface area contributed by atoms with Crippen molar-refractivity contribution < 1.29 is 13.9 Å². The molecule has 1 aromatic rings. The summed E-state index contributed by atoms with van der Waals surface area (Å²) < 4.78 is 24.9. The van der Waals surface area contributed by atoms with E-state index in [9.17, 15) is 4.39 Å². The van der Waals surface area contributed by atoms with Crippen LogP contribution in [0, 0.1) is 5.82 Å². The molecule has 0 fully saturated rings. The molecule has 1 aromatic carbocycles. The molecule has 0 aliphatic heterocycles. The smallest absolute Gasteiger partial charge is 0.129 e. The average Bonchev–Trinajstić information content (AvgIpc) is 2.38. The second-order valence-corrected chi connectivity index (χ2v) is 5.71. The van der Waals surface area contributed by atoms with Gasteiger partial charge in [0.05, 0.1) is 19.3 Å². The molecular weight excluding hydrogens is 257 g/mol. The summed E-state index contributed by atoms with van der Waals surface area (Å²) in [7, 11) is 0. The summed E-state index contributed by atoms with van der Waals surface area (Å²) in [5.74, 6) is -0.232. The maximum atomic E-state index is 13.9. The third kappa shape index (κ3) is 6.46. The first-order chi connectivity index (χ1) is 9.44. The second-order valence-electron chi connectivity index (χ2n) is 5.71. The zero-order valence-corrected chi connectivity index (χ0v) is 12.9. The first-order valence-corrected chi connectivity index (χ1v) is 7.13. The number of hydrogen-bond acceptors (Lipinski definition) is 3. The van der Waals surface area contributed by atoms with E-state index in [1.165, 1.54) is 6.07 Å². The molecule has 0 amide bonds. The first-order valence-electron chi connectivity index (χ1n) is 7.13. The van der Waals surface area contributed by atoms with Crippen LogP contribution >= 0.6 is 0 Å². The Morgan fingerprint density at radius 3 is 2.50 bits per heavy atom. The predicted octanol–water partition coefficient (Wildman–Crippen LogP) is 3.31. The molecule has 1 unspecified atom stereocenters. The van der Waals surface area contributed by atoms with Crippen molar-refractivity contribution in [1.29, 1.82) is 0 Å². The van der Waals surface area contributed by atoms with Crippen molar-refractivity contribution in [2.75, 3.05) is 26.4 Å². The van der Waals surface area contributed by atoms with Gasteiger partial charge in [0, 0.05) is 24.3 Å². The quantitative estimate of drug-likeness (QED) is 0.743. The van der Waals surface area contributed by atoms with E-state index in [2.05, 4.69) is 26.1 Å². The molecule has 4 heteroatoms. The van der Waals surface area contributed by atoms with Crippen molar-refractivity contribution in [3.05, 3.63) is 35.6 Å². The molecule has 3 nitrogen and oxygen atoms in total. The summed E-state index contributed by atoms with van der Waals surface area (Å²) in [6.45, 7) is 10.4. The van der Waals surface area contributed by atoms with Crippen molar-refractivity contribution in [2.45, 2.75) is 39.3 Å². The monoisotopic (exact) mass is 283 g/mol. The van der Waals surface area contributed by atoms with Gasteiger partial charge in [0.25, 0.3) is 0 Å². The zero-order valence-electron chi connectivity index (χ0n) is 12.9. The fourth-order valence-electron chi connectivity index (χ4n) is 1.79. The summed E-state index contributed by atoms with van der Waals surface area (Å²) in [6.07, 6.45) is -0.309. The summed E-state index contributed by atoms with van der Waals surface area (Å²) in [5, 5.41) is 3.36. The number of benzene rings is 1. The molecule has 0 saturated heterocycles. The van der Waals surface area contributed by atoms with Crippen LogP contribution in [-0.2, 0) is 9.47 Å². The molecule has 1 atom stereocenters. The molecule has 0 aliphatic carbocycles. The number of ether oxygens (including phenoxy) is 2. The van der Waals surface area contributed by atoms with Crippen molar-refractivity contribution in [3.63, 3.8) is 0 Å². The lowest BCUT2D eigenvalue weighted by molar-refractivity contribution is 0.00316. The molecule has 0 radical (unpaired) electrons. The largest absolute Gasteiger partial charge is 0.379 e. The molecule has 20 heavy (non-hydrogen) atoms. The molecule has 0 heterocycles. The summed E-state index contributed by atoms with van der Waals surface area (Å²) in [5.41, 5.74) is 0.549. The van der Waals surface area contributed by atoms with Gasteiger partial charge in [-0.3, -0.25) is 0 Å². The summed E-state index contributed by atoms with van der Waals surface area (Å²) in [6, 6.07) is 6.75. The Labute approximate surface area is 121 Å². The van der Waals surface area contributed by atoms with Gasteiger partial charge in [-0.1, -0.05) is 18.2 Å². The van der Waals surface area contributed by atoms with Crippen molar-refractivity contribution >= 4 is 0 Å². The maximum absolute atomic E-state index is 13.9. The topological polar surface area (TPSA) is 30.5 Å². The minimum absolute atomic E-state index is 0.0349. The van der Waals surface area contributed by atoms with E-state index >= 15 is 0 Å². The third-order valence-electron chi connectivity index (χ3n) is 2.82. The van der Waals surface area contributed by atoms with Gasteiger partial charge in [0.2, 0.25) is 0 Å². The molecule has 1 N–H and O–H groups in total. The predicted molar refractivity (Wildman–Crippen MR) is 79.3 cm³/mol. The SMILES string of the molecule is CCOCCOC(CNC(C)(C)C)c1ccccc1F. The molecule has 0 aromatic heterocycles. The van der Waals surface area contributed by atoms with Crippen molar-refractivity contribution in [2.24, 2.45) is 0 Å². The van der Waals surface area contributed by atoms with Gasteiger partial charge in [-0.2, -0.15) is 0 Å². The highest BCUT2D eigenvalue weighted by atomic mass is 19.1. The lowest BCUT2D eigenvalue weighted by Gasteiger charge is -2.26. The van der Waals surface area contributed by atoms with E-state index in [-0.39, 0.29) is 17.5 Å². The van der Waals surface area contributed by atoms with Crippen LogP contribution in [0.2, 0.25) is 0 Å². The maximum Gasteiger partial charge on any atom is 0.129 e. The highest BCUT2D eigenvalue weighted by Crippen LogP contribution is 2.20. The molecule has 0 aliphatic rings. The molecular formula is C16H26FNO2. The van der Waals surface area contributed by atoms with Gasteiger partial charge in [-0.05, 0) is 33.8 Å². The van der Waals surface area contributed by atoms with Gasteiger partial charge in [0.1, 0.15) is 5.82 Å². The van der Waals surface area contributed by atoms with Gasteiger partial charge in [-0.25, -0.2) is 4.39 Å². The van der Waals surface area contributed by atoms with Crippen LogP contribution in [0.4, 0.5) is 4.39 Å². The van der Waals surface area contributed by atoms with Crippen LogP contribution in [0.25, 0.3) is 0 Å². The highest BCUT2D eigenvalue weighted by Gasteiger charge is 2.19. The fourth-order valence-corrected chi connectivity index (χ4v) is 1.79. The number of halogens is 1. The minimum Gasteiger partial charge on any atom is -0.379 e. The second kappa shape index (κ2) is 8.35. The summed E-state index contributed by atoms with van der Waals surface area (Å²) >= 11 is 0. The lowest BCUT2D eigenvalue weighted by atomic mass is 10.1. The van der Waals surface area contributed by atoms with Crippen LogP contribution in [0.3, 0.4) is 0 Å². The zero-order chi connectivity index (χ0) is 15.0. The van der Waals surface area contributed by atoms with Crippen LogP contribution < -0.4 is 5.32 Å². The van der Waals surface area contributed by atoms with E-state index < -0.39 is 0 Å². The minimum atomic E-state index is -0.309. The molecule has 114 valence electrons. The number of rotatable bonds is 8. The number of hydrogen-bond donors (Lipinski definition) is 1. The molecule has 0 spiro atoms. The Kier molecular flexibility index (Phi) is 7.13. The van der Waals surface area contributed by atoms with Crippen molar-refractivity contribution in [1.82, 2.24) is 5.32 Å². The Hall–Kier alpha value is -0.970. The summed E-state index contributed by atoms with van der Waals surface area (Å²) in [4.78, 5) is 0. The Morgan fingerprint density at radius 1 is 1.20 bits per heavy atom. The normalized spacial score (nSPS) is 13.4. The first kappa shape index (κ1) is 17.1. The van der Waals surface area contributed by atoms with E-state index in [0.29, 0.717) is 31.9 Å². The molecule has 0 saturated carbocycles. The van der Waals surface area contributed by atoms with E-state index in [1.807, 2.05) is 13.0 Å². The number of nitrogens with one attached hydrogen (secondary N) is 1. The van der Waals surface area contributed by atoms with Gasteiger partial charge >= 0.3 is 0 Å². The average molecular weight is 283 g/mol. The van der Waals surface area contributed by atoms with Crippen LogP contribution in [0.1, 0.15) is 39.4 Å². The fraction of sp³-hybridized carbons (Fsp3) is 0.625. The van der Waals surface area contributed by atoms with Gasteiger partial charge in [0.15, 0.2) is 0 Å². The Bertz CT molecular complexity index is 390. The third-order valence-corrected chi connectivity index (χ3v) is 2.82. The van der Waals surface area contributed by atoms with E-state index in [1.54, 1.807) is 12.1 Å². The van der Waals surface area contributed by atoms with Gasteiger partial charge < -0.3 is 14.8 Å². The van der Waals surface area contributed by atoms with E-state index in [4.69, 9.17) is 9.47 Å². The Balaban J connectivity index is 2.66. The van der Waals surface area contributed by atoms with E-state index in [0.717, 1.165) is 0 Å². The standard InChI is InChI=1S/C16H26FNO2/c1-5-19-10-11-20-15(12-18-16(2,3)4)13-8-6-7-9-14(13)17/h6-9,15,18H,5,10-12H2,1-4H3. The van der Waals surface area contributed by atoms with Crippen LogP contribution in [0.5, 0.6) is 0 Å². The lowest BCUT2D eigenvalue weighted by Crippen LogP contribution is -2.39. The van der Waals surface area contributed by atoms with Crippen molar-refractivity contribution in [3.8, 4) is 0 Å². The van der Waals surface area contributed by atoms with Gasteiger partial charge in [-0.15, -0.1) is 0 Å². The molecule has 0 bridgehead atoms. The Morgan fingerprint density at radius 2 is 1.90 bits per heavy atom. The molecule has 1 rings (SSSR count). The highest BCUT2D eigenvalue weighted by molar-refractivity contribution is 5.20. The van der Waals surface area contributed by atoms with Crippen LogP contribution in [0.15, 0.2) is 24.3 Å².